The lowest BCUT2D eigenvalue weighted by molar-refractivity contribution is 0.0251. The average Bonchev–Trinajstić information content (AvgIpc) is 2.74. The molecule has 0 fully saturated rings. The Morgan fingerprint density at radius 1 is 1.43 bits per heavy atom. The molecule has 0 saturated carbocycles. The Hall–Kier alpha value is -1.56. The SMILES string of the molecule is CCCN(CCNC(C)c1cn(C)nc1C)C(=O)OC(C)(C)C. The highest BCUT2D eigenvalue weighted by atomic mass is 16.6. The number of carbonyl (C=O) groups is 1. The van der Waals surface area contributed by atoms with E-state index >= 15 is 0 Å². The molecule has 0 saturated heterocycles. The van der Waals surface area contributed by atoms with E-state index in [1.807, 2.05) is 45.6 Å². The first kappa shape index (κ1) is 19.5. The van der Waals surface area contributed by atoms with Crippen LogP contribution >= 0.6 is 0 Å². The number of hydrogen-bond donors (Lipinski definition) is 1. The van der Waals surface area contributed by atoms with Gasteiger partial charge in [-0.1, -0.05) is 6.92 Å². The van der Waals surface area contributed by atoms with E-state index in [1.165, 1.54) is 5.56 Å². The fourth-order valence-electron chi connectivity index (χ4n) is 2.46. The van der Waals surface area contributed by atoms with E-state index in [2.05, 4.69) is 24.3 Å². The number of nitrogens with zero attached hydrogens (tertiary/aromatic N) is 3. The fourth-order valence-corrected chi connectivity index (χ4v) is 2.46. The first-order valence-corrected chi connectivity index (χ1v) is 8.35. The molecule has 1 unspecified atom stereocenters. The third kappa shape index (κ3) is 6.60. The quantitative estimate of drug-likeness (QED) is 0.837. The van der Waals surface area contributed by atoms with Crippen LogP contribution in [0.5, 0.6) is 0 Å². The van der Waals surface area contributed by atoms with E-state index in [0.29, 0.717) is 13.1 Å². The van der Waals surface area contributed by atoms with Crippen LogP contribution in [0.15, 0.2) is 6.20 Å². The third-order valence-electron chi connectivity index (χ3n) is 3.50. The zero-order valence-corrected chi connectivity index (χ0v) is 15.6. The molecule has 0 bridgehead atoms. The largest absolute Gasteiger partial charge is 0.444 e. The van der Waals surface area contributed by atoms with Crippen molar-refractivity contribution in [2.45, 2.75) is 59.6 Å². The summed E-state index contributed by atoms with van der Waals surface area (Å²) < 4.78 is 7.29. The van der Waals surface area contributed by atoms with E-state index in [1.54, 1.807) is 4.90 Å². The van der Waals surface area contributed by atoms with Crippen LogP contribution in [0, 0.1) is 6.92 Å². The van der Waals surface area contributed by atoms with Gasteiger partial charge >= 0.3 is 6.09 Å². The van der Waals surface area contributed by atoms with E-state index in [4.69, 9.17) is 4.74 Å². The standard InChI is InChI=1S/C17H32N4O2/c1-8-10-21(16(22)23-17(4,5)6)11-9-18-13(2)15-12-20(7)19-14(15)3/h12-13,18H,8-11H2,1-7H3. The number of rotatable bonds is 7. The minimum Gasteiger partial charge on any atom is -0.444 e. The van der Waals surface area contributed by atoms with Gasteiger partial charge in [0.2, 0.25) is 0 Å². The lowest BCUT2D eigenvalue weighted by Gasteiger charge is -2.27. The van der Waals surface area contributed by atoms with Crippen LogP contribution in [0.2, 0.25) is 0 Å². The topological polar surface area (TPSA) is 59.4 Å². The average molecular weight is 324 g/mol. The maximum Gasteiger partial charge on any atom is 0.410 e. The highest BCUT2D eigenvalue weighted by Gasteiger charge is 2.21. The van der Waals surface area contributed by atoms with Crippen molar-refractivity contribution in [3.63, 3.8) is 0 Å². The summed E-state index contributed by atoms with van der Waals surface area (Å²) in [5.74, 6) is 0. The summed E-state index contributed by atoms with van der Waals surface area (Å²) in [6.45, 7) is 13.9. The zero-order chi connectivity index (χ0) is 17.6. The zero-order valence-electron chi connectivity index (χ0n) is 15.6. The first-order valence-electron chi connectivity index (χ1n) is 8.35. The molecule has 6 nitrogen and oxygen atoms in total. The highest BCUT2D eigenvalue weighted by molar-refractivity contribution is 5.68. The molecule has 0 aliphatic carbocycles. The maximum atomic E-state index is 12.2. The Morgan fingerprint density at radius 2 is 2.09 bits per heavy atom. The summed E-state index contributed by atoms with van der Waals surface area (Å²) >= 11 is 0. The highest BCUT2D eigenvalue weighted by Crippen LogP contribution is 2.15. The number of amides is 1. The minimum absolute atomic E-state index is 0.200. The number of hydrogen-bond acceptors (Lipinski definition) is 4. The van der Waals surface area contributed by atoms with Gasteiger partial charge in [0.05, 0.1) is 5.69 Å². The van der Waals surface area contributed by atoms with E-state index in [9.17, 15) is 4.79 Å². The third-order valence-corrected chi connectivity index (χ3v) is 3.50. The van der Waals surface area contributed by atoms with Crippen LogP contribution in [-0.2, 0) is 11.8 Å². The molecule has 0 aliphatic rings. The van der Waals surface area contributed by atoms with Gasteiger partial charge in [-0.3, -0.25) is 4.68 Å². The van der Waals surface area contributed by atoms with E-state index in [0.717, 1.165) is 18.7 Å². The second-order valence-corrected chi connectivity index (χ2v) is 6.99. The smallest absolute Gasteiger partial charge is 0.410 e. The number of nitrogens with one attached hydrogen (secondary N) is 1. The molecule has 1 amide bonds. The van der Waals surface area contributed by atoms with Crippen molar-refractivity contribution >= 4 is 6.09 Å². The van der Waals surface area contributed by atoms with Crippen molar-refractivity contribution in [3.05, 3.63) is 17.5 Å². The molecule has 1 atom stereocenters. The van der Waals surface area contributed by atoms with Crippen LogP contribution in [-0.4, -0.2) is 46.0 Å². The van der Waals surface area contributed by atoms with Gasteiger partial charge in [-0.05, 0) is 41.0 Å². The lowest BCUT2D eigenvalue weighted by atomic mass is 10.1. The Morgan fingerprint density at radius 3 is 2.57 bits per heavy atom. The van der Waals surface area contributed by atoms with Gasteiger partial charge in [0.1, 0.15) is 5.60 Å². The van der Waals surface area contributed by atoms with Gasteiger partial charge in [0, 0.05) is 44.5 Å². The van der Waals surface area contributed by atoms with Crippen LogP contribution in [0.3, 0.4) is 0 Å². The van der Waals surface area contributed by atoms with Crippen molar-refractivity contribution in [2.24, 2.45) is 7.05 Å². The predicted molar refractivity (Wildman–Crippen MR) is 92.5 cm³/mol. The van der Waals surface area contributed by atoms with E-state index < -0.39 is 5.60 Å². The molecule has 1 aromatic heterocycles. The first-order chi connectivity index (χ1) is 10.6. The Kier molecular flexibility index (Phi) is 7.06. The van der Waals surface area contributed by atoms with E-state index in [-0.39, 0.29) is 12.1 Å². The molecule has 1 rings (SSSR count). The van der Waals surface area contributed by atoms with Gasteiger partial charge < -0.3 is 15.0 Å². The van der Waals surface area contributed by atoms with Gasteiger partial charge in [0.15, 0.2) is 0 Å². The molecule has 1 aromatic rings. The monoisotopic (exact) mass is 324 g/mol. The van der Waals surface area contributed by atoms with Crippen LogP contribution in [0.4, 0.5) is 4.79 Å². The molecule has 1 heterocycles. The van der Waals surface area contributed by atoms with Crippen molar-refractivity contribution < 1.29 is 9.53 Å². The molecule has 0 spiro atoms. The second-order valence-electron chi connectivity index (χ2n) is 6.99. The molecule has 6 heteroatoms. The minimum atomic E-state index is -0.462. The summed E-state index contributed by atoms with van der Waals surface area (Å²) in [6.07, 6.45) is 2.70. The van der Waals surface area contributed by atoms with Crippen molar-refractivity contribution in [1.82, 2.24) is 20.0 Å². The predicted octanol–water partition coefficient (Wildman–Crippen LogP) is 3.03. The normalized spacial score (nSPS) is 13.0. The molecule has 23 heavy (non-hydrogen) atoms. The molecule has 132 valence electrons. The van der Waals surface area contributed by atoms with Crippen molar-refractivity contribution in [3.8, 4) is 0 Å². The summed E-state index contributed by atoms with van der Waals surface area (Å²) in [7, 11) is 1.93. The van der Waals surface area contributed by atoms with Gasteiger partial charge in [-0.25, -0.2) is 4.79 Å². The molecule has 0 aromatic carbocycles. The molecule has 1 N–H and O–H groups in total. The van der Waals surface area contributed by atoms with Gasteiger partial charge in [-0.15, -0.1) is 0 Å². The number of ether oxygens (including phenoxy) is 1. The number of aryl methyl sites for hydroxylation is 2. The molecule has 0 aliphatic heterocycles. The van der Waals surface area contributed by atoms with Crippen LogP contribution < -0.4 is 5.32 Å². The van der Waals surface area contributed by atoms with Crippen LogP contribution in [0.1, 0.15) is 58.3 Å². The summed E-state index contributed by atoms with van der Waals surface area (Å²) in [4.78, 5) is 14.0. The Bertz CT molecular complexity index is 505. The number of carbonyl (C=O) groups excluding carboxylic acids is 1. The second kappa shape index (κ2) is 8.34. The van der Waals surface area contributed by atoms with Crippen LogP contribution in [0.25, 0.3) is 0 Å². The molecular formula is C17H32N4O2. The van der Waals surface area contributed by atoms with Gasteiger partial charge in [-0.2, -0.15) is 5.10 Å². The lowest BCUT2D eigenvalue weighted by Crippen LogP contribution is -2.41. The number of aromatic nitrogens is 2. The van der Waals surface area contributed by atoms with Crippen molar-refractivity contribution in [1.29, 1.82) is 0 Å². The van der Waals surface area contributed by atoms with Gasteiger partial charge in [0.25, 0.3) is 0 Å². The Labute approximate surface area is 140 Å². The fraction of sp³-hybridized carbons (Fsp3) is 0.765. The maximum absolute atomic E-state index is 12.2. The molecule has 0 radical (unpaired) electrons. The summed E-state index contributed by atoms with van der Waals surface area (Å²) in [5, 5.41) is 7.82. The van der Waals surface area contributed by atoms with Crippen molar-refractivity contribution in [2.75, 3.05) is 19.6 Å². The summed E-state index contributed by atoms with van der Waals surface area (Å²) in [5.41, 5.74) is 1.76. The summed E-state index contributed by atoms with van der Waals surface area (Å²) in [6, 6.07) is 0.200. The molecular weight excluding hydrogens is 292 g/mol. The Balaban J connectivity index is 2.52.